The van der Waals surface area contributed by atoms with Crippen molar-refractivity contribution in [3.05, 3.63) is 11.7 Å². The van der Waals surface area contributed by atoms with E-state index in [0.29, 0.717) is 6.04 Å². The highest BCUT2D eigenvalue weighted by Crippen LogP contribution is 2.22. The second-order valence-corrected chi connectivity index (χ2v) is 6.16. The molecule has 1 aromatic rings. The quantitative estimate of drug-likeness (QED) is 0.828. The van der Waals surface area contributed by atoms with E-state index in [-0.39, 0.29) is 0 Å². The van der Waals surface area contributed by atoms with Gasteiger partial charge in [0.2, 0.25) is 5.89 Å². The Kier molecular flexibility index (Phi) is 4.68. The molecule has 1 saturated heterocycles. The molecule has 1 N–H and O–H groups in total. The number of nitrogens with one attached hydrogen (secondary N) is 1. The number of piperidine rings is 1. The van der Waals surface area contributed by atoms with Crippen LogP contribution in [0.1, 0.15) is 57.2 Å². The Bertz CT molecular complexity index is 416. The Balaban J connectivity index is 1.54. The van der Waals surface area contributed by atoms with E-state index in [4.69, 9.17) is 4.52 Å². The largest absolute Gasteiger partial charge is 0.338 e. The normalized spacial score (nSPS) is 24.1. The predicted molar refractivity (Wildman–Crippen MR) is 77.4 cm³/mol. The number of rotatable bonds is 7. The highest BCUT2D eigenvalue weighted by molar-refractivity contribution is 4.90. The van der Waals surface area contributed by atoms with Gasteiger partial charge in [0.15, 0.2) is 5.82 Å². The van der Waals surface area contributed by atoms with Crippen LogP contribution in [0.2, 0.25) is 0 Å². The van der Waals surface area contributed by atoms with Gasteiger partial charge in [0.25, 0.3) is 0 Å². The van der Waals surface area contributed by atoms with Crippen LogP contribution in [-0.4, -0.2) is 40.2 Å². The molecule has 0 spiro atoms. The fourth-order valence-electron chi connectivity index (χ4n) is 2.94. The number of nitrogens with zero attached hydrogens (tertiary/aromatic N) is 3. The predicted octanol–water partition coefficient (Wildman–Crippen LogP) is 2.13. The summed E-state index contributed by atoms with van der Waals surface area (Å²) >= 11 is 0. The highest BCUT2D eigenvalue weighted by Gasteiger charge is 2.27. The second kappa shape index (κ2) is 6.68. The van der Waals surface area contributed by atoms with Gasteiger partial charge in [0, 0.05) is 25.0 Å². The van der Waals surface area contributed by atoms with E-state index in [1.165, 1.54) is 32.1 Å². The van der Waals surface area contributed by atoms with Crippen molar-refractivity contribution in [2.75, 3.05) is 13.1 Å². The van der Waals surface area contributed by atoms with Crippen molar-refractivity contribution in [1.29, 1.82) is 0 Å². The Morgan fingerprint density at radius 2 is 2.20 bits per heavy atom. The first-order chi connectivity index (χ1) is 9.85. The molecule has 0 bridgehead atoms. The summed E-state index contributed by atoms with van der Waals surface area (Å²) in [5.74, 6) is 1.64. The average molecular weight is 278 g/mol. The van der Waals surface area contributed by atoms with Crippen LogP contribution in [0.25, 0.3) is 0 Å². The molecule has 2 fully saturated rings. The lowest BCUT2D eigenvalue weighted by Gasteiger charge is -2.34. The van der Waals surface area contributed by atoms with Gasteiger partial charge < -0.3 is 9.84 Å². The highest BCUT2D eigenvalue weighted by atomic mass is 16.5. The van der Waals surface area contributed by atoms with Crippen molar-refractivity contribution in [2.45, 2.75) is 70.5 Å². The van der Waals surface area contributed by atoms with Crippen molar-refractivity contribution in [3.8, 4) is 0 Å². The fraction of sp³-hybridized carbons (Fsp3) is 0.867. The molecule has 5 heteroatoms. The molecule has 20 heavy (non-hydrogen) atoms. The zero-order valence-corrected chi connectivity index (χ0v) is 12.5. The average Bonchev–Trinajstić information content (AvgIpc) is 3.19. The molecule has 1 saturated carbocycles. The van der Waals surface area contributed by atoms with Crippen molar-refractivity contribution in [1.82, 2.24) is 20.4 Å². The Morgan fingerprint density at radius 3 is 3.00 bits per heavy atom. The maximum absolute atomic E-state index is 5.38. The number of hydrogen-bond donors (Lipinski definition) is 1. The van der Waals surface area contributed by atoms with E-state index < -0.39 is 0 Å². The zero-order valence-electron chi connectivity index (χ0n) is 12.5. The fourth-order valence-corrected chi connectivity index (χ4v) is 2.94. The van der Waals surface area contributed by atoms with Crippen LogP contribution in [0.4, 0.5) is 0 Å². The molecule has 1 unspecified atom stereocenters. The van der Waals surface area contributed by atoms with E-state index >= 15 is 0 Å². The Labute approximate surface area is 121 Å². The van der Waals surface area contributed by atoms with Gasteiger partial charge in [-0.2, -0.15) is 4.98 Å². The molecule has 1 aromatic heterocycles. The van der Waals surface area contributed by atoms with Gasteiger partial charge in [-0.25, -0.2) is 0 Å². The van der Waals surface area contributed by atoms with E-state index in [2.05, 4.69) is 27.3 Å². The molecule has 3 rings (SSSR count). The Hall–Kier alpha value is -0.940. The van der Waals surface area contributed by atoms with E-state index in [1.54, 1.807) is 0 Å². The van der Waals surface area contributed by atoms with E-state index in [0.717, 1.165) is 50.2 Å². The Morgan fingerprint density at radius 1 is 1.30 bits per heavy atom. The molecule has 0 amide bonds. The first-order valence-corrected chi connectivity index (χ1v) is 8.14. The molecule has 1 atom stereocenters. The molecule has 0 radical (unpaired) electrons. The van der Waals surface area contributed by atoms with Crippen LogP contribution in [-0.2, 0) is 13.0 Å². The van der Waals surface area contributed by atoms with Crippen LogP contribution >= 0.6 is 0 Å². The first kappa shape index (κ1) is 14.0. The van der Waals surface area contributed by atoms with Crippen LogP contribution in [0.5, 0.6) is 0 Å². The molecule has 1 aliphatic heterocycles. The third kappa shape index (κ3) is 3.79. The lowest BCUT2D eigenvalue weighted by atomic mass is 10.0. The first-order valence-electron chi connectivity index (χ1n) is 8.14. The van der Waals surface area contributed by atoms with Crippen molar-refractivity contribution >= 4 is 0 Å². The van der Waals surface area contributed by atoms with Gasteiger partial charge in [-0.15, -0.1) is 0 Å². The van der Waals surface area contributed by atoms with Gasteiger partial charge in [-0.05, 0) is 38.6 Å². The van der Waals surface area contributed by atoms with Crippen LogP contribution in [0.3, 0.4) is 0 Å². The lowest BCUT2D eigenvalue weighted by molar-refractivity contribution is 0.121. The third-order valence-electron chi connectivity index (χ3n) is 4.29. The minimum atomic E-state index is 0.630. The van der Waals surface area contributed by atoms with Gasteiger partial charge in [0.05, 0.1) is 6.54 Å². The van der Waals surface area contributed by atoms with Gasteiger partial charge in [-0.1, -0.05) is 18.5 Å². The lowest BCUT2D eigenvalue weighted by Crippen LogP contribution is -2.45. The molecular weight excluding hydrogens is 252 g/mol. The van der Waals surface area contributed by atoms with Crippen molar-refractivity contribution < 1.29 is 4.52 Å². The summed E-state index contributed by atoms with van der Waals surface area (Å²) in [5.41, 5.74) is 0. The van der Waals surface area contributed by atoms with Crippen LogP contribution in [0, 0.1) is 0 Å². The summed E-state index contributed by atoms with van der Waals surface area (Å²) in [6.45, 7) is 5.22. The summed E-state index contributed by atoms with van der Waals surface area (Å²) in [6, 6.07) is 1.42. The number of aromatic nitrogens is 2. The zero-order chi connectivity index (χ0) is 13.8. The second-order valence-electron chi connectivity index (χ2n) is 6.16. The summed E-state index contributed by atoms with van der Waals surface area (Å²) in [4.78, 5) is 7.01. The SMILES string of the molecule is CCCc1noc(CN2CCCCC2CNC2CC2)n1. The minimum Gasteiger partial charge on any atom is -0.338 e. The molecule has 5 nitrogen and oxygen atoms in total. The van der Waals surface area contributed by atoms with E-state index in [1.807, 2.05) is 0 Å². The monoisotopic (exact) mass is 278 g/mol. The summed E-state index contributed by atoms with van der Waals surface area (Å²) in [7, 11) is 0. The third-order valence-corrected chi connectivity index (χ3v) is 4.29. The molecule has 2 aliphatic rings. The number of aryl methyl sites for hydroxylation is 1. The molecule has 112 valence electrons. The number of hydrogen-bond acceptors (Lipinski definition) is 5. The smallest absolute Gasteiger partial charge is 0.240 e. The molecule has 1 aliphatic carbocycles. The number of likely N-dealkylation sites (tertiary alicyclic amines) is 1. The van der Waals surface area contributed by atoms with Crippen LogP contribution < -0.4 is 5.32 Å². The summed E-state index contributed by atoms with van der Waals surface area (Å²) in [5, 5.41) is 7.71. The van der Waals surface area contributed by atoms with Gasteiger partial charge >= 0.3 is 0 Å². The van der Waals surface area contributed by atoms with Crippen molar-refractivity contribution in [3.63, 3.8) is 0 Å². The van der Waals surface area contributed by atoms with Crippen LogP contribution in [0.15, 0.2) is 4.52 Å². The summed E-state index contributed by atoms with van der Waals surface area (Å²) < 4.78 is 5.38. The molecule has 2 heterocycles. The maximum Gasteiger partial charge on any atom is 0.240 e. The topological polar surface area (TPSA) is 54.2 Å². The standard InChI is InChI=1S/C15H26N4O/c1-2-5-14-17-15(20-18-14)11-19-9-4-3-6-13(19)10-16-12-7-8-12/h12-13,16H,2-11H2,1H3. The van der Waals surface area contributed by atoms with Gasteiger partial charge in [0.1, 0.15) is 0 Å². The molecular formula is C15H26N4O. The van der Waals surface area contributed by atoms with E-state index in [9.17, 15) is 0 Å². The maximum atomic E-state index is 5.38. The molecule has 0 aromatic carbocycles. The minimum absolute atomic E-state index is 0.630. The van der Waals surface area contributed by atoms with Gasteiger partial charge in [-0.3, -0.25) is 4.90 Å². The van der Waals surface area contributed by atoms with Crippen molar-refractivity contribution in [2.24, 2.45) is 0 Å². The summed E-state index contributed by atoms with van der Waals surface area (Å²) in [6.07, 6.45) is 8.62.